The van der Waals surface area contributed by atoms with Crippen LogP contribution in [0.3, 0.4) is 0 Å². The van der Waals surface area contributed by atoms with Crippen LogP contribution in [0.25, 0.3) is 0 Å². The number of benzene rings is 1. The van der Waals surface area contributed by atoms with E-state index in [4.69, 9.17) is 4.74 Å². The number of amides is 1. The summed E-state index contributed by atoms with van der Waals surface area (Å²) in [7, 11) is 0. The Balaban J connectivity index is 1.61. The lowest BCUT2D eigenvalue weighted by atomic mass is 9.90. The molecule has 1 unspecified atom stereocenters. The number of ketones is 1. The van der Waals surface area contributed by atoms with Gasteiger partial charge in [-0.1, -0.05) is 62.4 Å². The minimum absolute atomic E-state index is 0.163. The zero-order valence-corrected chi connectivity index (χ0v) is 16.8. The van der Waals surface area contributed by atoms with E-state index in [-0.39, 0.29) is 11.8 Å². The molecule has 1 atom stereocenters. The third-order valence-electron chi connectivity index (χ3n) is 4.49. The highest BCUT2D eigenvalue weighted by molar-refractivity contribution is 7.11. The normalized spacial score (nSPS) is 17.3. The lowest BCUT2D eigenvalue weighted by Gasteiger charge is -2.25. The highest BCUT2D eigenvalue weighted by atomic mass is 32.1. The molecule has 7 heteroatoms. The number of hydrogen-bond donors (Lipinski definition) is 0. The molecule has 2 aromatic rings. The molecule has 0 bridgehead atoms. The zero-order valence-electron chi connectivity index (χ0n) is 16.0. The quantitative estimate of drug-likeness (QED) is 0.709. The number of likely N-dealkylation sites (tertiary alicyclic amines) is 1. The Bertz CT molecular complexity index is 798. The van der Waals surface area contributed by atoms with E-state index in [1.807, 2.05) is 30.3 Å². The Labute approximate surface area is 163 Å². The van der Waals surface area contributed by atoms with Gasteiger partial charge in [0.15, 0.2) is 0 Å². The predicted molar refractivity (Wildman–Crippen MR) is 103 cm³/mol. The van der Waals surface area contributed by atoms with Crippen molar-refractivity contribution in [2.24, 2.45) is 5.41 Å². The van der Waals surface area contributed by atoms with E-state index in [1.54, 1.807) is 25.7 Å². The Morgan fingerprint density at radius 1 is 1.19 bits per heavy atom. The molecule has 6 nitrogen and oxygen atoms in total. The van der Waals surface area contributed by atoms with Gasteiger partial charge < -0.3 is 9.64 Å². The molecule has 1 saturated heterocycles. The minimum atomic E-state index is -0.679. The number of carbonyl (C=O) groups excluding carboxylic acids is 2. The van der Waals surface area contributed by atoms with Crippen LogP contribution >= 0.6 is 11.3 Å². The Kier molecular flexibility index (Phi) is 6.01. The summed E-state index contributed by atoms with van der Waals surface area (Å²) in [6.45, 7) is 6.80. The smallest absolute Gasteiger partial charge is 0.291 e. The van der Waals surface area contributed by atoms with Gasteiger partial charge in [0.2, 0.25) is 5.78 Å². The van der Waals surface area contributed by atoms with Crippen LogP contribution in [0.15, 0.2) is 30.3 Å². The average molecular weight is 388 g/mol. The highest BCUT2D eigenvalue weighted by Gasteiger charge is 2.39. The molecule has 1 aromatic heterocycles. The summed E-state index contributed by atoms with van der Waals surface area (Å²) in [6, 6.07) is 9.79. The van der Waals surface area contributed by atoms with Crippen LogP contribution in [0.5, 0.6) is 0 Å². The van der Waals surface area contributed by atoms with Crippen molar-refractivity contribution in [3.63, 3.8) is 0 Å². The maximum atomic E-state index is 12.6. The van der Waals surface area contributed by atoms with Crippen LogP contribution in [0.2, 0.25) is 0 Å². The van der Waals surface area contributed by atoms with Crippen molar-refractivity contribution in [1.29, 1.82) is 0 Å². The SMILES string of the molecule is CC(C)(C)C(=O)C(=O)N1CCCC1c1nnc(COCc2ccccc2)s1. The molecule has 144 valence electrons. The summed E-state index contributed by atoms with van der Waals surface area (Å²) in [5.41, 5.74) is 0.428. The summed E-state index contributed by atoms with van der Waals surface area (Å²) >= 11 is 1.45. The Morgan fingerprint density at radius 2 is 1.93 bits per heavy atom. The molecule has 0 N–H and O–H groups in total. The predicted octanol–water partition coefficient (Wildman–Crippen LogP) is 3.53. The van der Waals surface area contributed by atoms with Gasteiger partial charge in [-0.2, -0.15) is 0 Å². The first kappa shape index (κ1) is 19.6. The van der Waals surface area contributed by atoms with Gasteiger partial charge in [-0.15, -0.1) is 10.2 Å². The number of hydrogen-bond acceptors (Lipinski definition) is 6. The Morgan fingerprint density at radius 3 is 2.63 bits per heavy atom. The zero-order chi connectivity index (χ0) is 19.4. The van der Waals surface area contributed by atoms with E-state index in [0.29, 0.717) is 19.8 Å². The molecule has 3 rings (SSSR count). The van der Waals surface area contributed by atoms with Crippen LogP contribution in [-0.4, -0.2) is 33.3 Å². The second-order valence-corrected chi connectivity index (χ2v) is 8.84. The number of Topliss-reactive ketones (excluding diaryl/α,β-unsaturated/α-hetero) is 1. The van der Waals surface area contributed by atoms with E-state index in [0.717, 1.165) is 28.4 Å². The number of ether oxygens (including phenoxy) is 1. The van der Waals surface area contributed by atoms with Crippen LogP contribution in [0.4, 0.5) is 0 Å². The van der Waals surface area contributed by atoms with Gasteiger partial charge in [0.1, 0.15) is 16.6 Å². The van der Waals surface area contributed by atoms with Crippen LogP contribution in [0, 0.1) is 5.41 Å². The van der Waals surface area contributed by atoms with Gasteiger partial charge in [-0.3, -0.25) is 9.59 Å². The maximum absolute atomic E-state index is 12.6. The van der Waals surface area contributed by atoms with Gasteiger partial charge in [0.05, 0.1) is 12.6 Å². The molecule has 1 aliphatic heterocycles. The summed E-state index contributed by atoms with van der Waals surface area (Å²) in [4.78, 5) is 26.6. The monoisotopic (exact) mass is 387 g/mol. The van der Waals surface area contributed by atoms with Crippen molar-refractivity contribution in [2.45, 2.75) is 52.9 Å². The molecule has 1 aliphatic rings. The van der Waals surface area contributed by atoms with Crippen LogP contribution in [-0.2, 0) is 27.5 Å². The molecule has 0 saturated carbocycles. The van der Waals surface area contributed by atoms with E-state index in [9.17, 15) is 9.59 Å². The van der Waals surface area contributed by atoms with E-state index < -0.39 is 11.3 Å². The summed E-state index contributed by atoms with van der Waals surface area (Å²) in [5.74, 6) is -0.771. The minimum Gasteiger partial charge on any atom is -0.370 e. The molecule has 1 fully saturated rings. The van der Waals surface area contributed by atoms with Crippen molar-refractivity contribution in [3.8, 4) is 0 Å². The molecule has 1 aromatic carbocycles. The van der Waals surface area contributed by atoms with Gasteiger partial charge in [-0.05, 0) is 18.4 Å². The summed E-state index contributed by atoms with van der Waals surface area (Å²) in [5, 5.41) is 10.0. The molecule has 1 amide bonds. The second-order valence-electron chi connectivity index (χ2n) is 7.75. The van der Waals surface area contributed by atoms with Gasteiger partial charge in [0, 0.05) is 12.0 Å². The van der Waals surface area contributed by atoms with E-state index >= 15 is 0 Å². The van der Waals surface area contributed by atoms with Crippen molar-refractivity contribution >= 4 is 23.0 Å². The first-order valence-electron chi connectivity index (χ1n) is 9.15. The van der Waals surface area contributed by atoms with Crippen molar-refractivity contribution in [3.05, 3.63) is 45.9 Å². The molecule has 0 aliphatic carbocycles. The first-order valence-corrected chi connectivity index (χ1v) is 9.97. The van der Waals surface area contributed by atoms with Gasteiger partial charge in [-0.25, -0.2) is 0 Å². The van der Waals surface area contributed by atoms with Crippen molar-refractivity contribution in [1.82, 2.24) is 15.1 Å². The maximum Gasteiger partial charge on any atom is 0.291 e. The van der Waals surface area contributed by atoms with E-state index in [2.05, 4.69) is 10.2 Å². The van der Waals surface area contributed by atoms with Crippen molar-refractivity contribution in [2.75, 3.05) is 6.54 Å². The summed E-state index contributed by atoms with van der Waals surface area (Å²) in [6.07, 6.45) is 1.68. The fourth-order valence-electron chi connectivity index (χ4n) is 3.01. The Hall–Kier alpha value is -2.12. The summed E-state index contributed by atoms with van der Waals surface area (Å²) < 4.78 is 5.71. The molecular formula is C20H25N3O3S. The topological polar surface area (TPSA) is 72.4 Å². The van der Waals surface area contributed by atoms with Gasteiger partial charge >= 0.3 is 0 Å². The highest BCUT2D eigenvalue weighted by Crippen LogP contribution is 2.34. The number of aromatic nitrogens is 2. The largest absolute Gasteiger partial charge is 0.370 e. The number of nitrogens with zero attached hydrogens (tertiary/aromatic N) is 3. The van der Waals surface area contributed by atoms with Crippen LogP contribution in [0.1, 0.15) is 55.2 Å². The third kappa shape index (κ3) is 4.78. The second kappa shape index (κ2) is 8.27. The fraction of sp³-hybridized carbons (Fsp3) is 0.500. The molecule has 2 heterocycles. The number of rotatable bonds is 6. The van der Waals surface area contributed by atoms with Crippen LogP contribution < -0.4 is 0 Å². The lowest BCUT2D eigenvalue weighted by molar-refractivity contribution is -0.149. The number of carbonyl (C=O) groups is 2. The average Bonchev–Trinajstić information content (AvgIpc) is 3.29. The standard InChI is InChI=1S/C20H25N3O3S/c1-20(2,3)17(24)19(25)23-11-7-10-15(23)18-22-21-16(27-18)13-26-12-14-8-5-4-6-9-14/h4-6,8-9,15H,7,10-13H2,1-3H3. The van der Waals surface area contributed by atoms with E-state index in [1.165, 1.54) is 11.3 Å². The van der Waals surface area contributed by atoms with Crippen molar-refractivity contribution < 1.29 is 14.3 Å². The molecule has 27 heavy (non-hydrogen) atoms. The first-order chi connectivity index (χ1) is 12.9. The molecule has 0 radical (unpaired) electrons. The lowest BCUT2D eigenvalue weighted by Crippen LogP contribution is -2.41. The molecular weight excluding hydrogens is 362 g/mol. The fourth-order valence-corrected chi connectivity index (χ4v) is 3.94. The third-order valence-corrected chi connectivity index (χ3v) is 5.49. The molecule has 0 spiro atoms. The van der Waals surface area contributed by atoms with Gasteiger partial charge in [0.25, 0.3) is 5.91 Å².